The van der Waals surface area contributed by atoms with Crippen molar-refractivity contribution in [2.75, 3.05) is 24.3 Å². The number of amides is 1. The fraction of sp³-hybridized carbons (Fsp3) is 0.333. The van der Waals surface area contributed by atoms with Gasteiger partial charge in [0.1, 0.15) is 5.92 Å². The Morgan fingerprint density at radius 3 is 2.18 bits per heavy atom. The number of nitrogens with one attached hydrogen (secondary N) is 1. The maximum absolute atomic E-state index is 11.5. The Balaban J connectivity index is 2.70. The summed E-state index contributed by atoms with van der Waals surface area (Å²) in [7, 11) is 3.83. The van der Waals surface area contributed by atoms with Gasteiger partial charge >= 0.3 is 5.97 Å². The molecule has 1 atom stereocenters. The molecule has 1 rings (SSSR count). The molecule has 17 heavy (non-hydrogen) atoms. The van der Waals surface area contributed by atoms with Crippen molar-refractivity contribution in [3.8, 4) is 0 Å². The molecule has 0 aromatic heterocycles. The molecule has 0 aliphatic heterocycles. The van der Waals surface area contributed by atoms with Crippen LogP contribution in [0.25, 0.3) is 0 Å². The number of carbonyl (C=O) groups excluding carboxylic acids is 1. The minimum absolute atomic E-state index is 0.518. The zero-order valence-corrected chi connectivity index (χ0v) is 10.1. The first-order valence-electron chi connectivity index (χ1n) is 5.23. The molecule has 0 spiro atoms. The van der Waals surface area contributed by atoms with Crippen LogP contribution in [0.5, 0.6) is 0 Å². The number of carboxylic acids is 1. The summed E-state index contributed by atoms with van der Waals surface area (Å²) in [5.74, 6) is -2.70. The van der Waals surface area contributed by atoms with E-state index in [1.54, 1.807) is 12.1 Å². The lowest BCUT2D eigenvalue weighted by Gasteiger charge is -2.13. The van der Waals surface area contributed by atoms with Crippen molar-refractivity contribution >= 4 is 23.3 Å². The topological polar surface area (TPSA) is 69.6 Å². The Labute approximate surface area is 100 Å². The van der Waals surface area contributed by atoms with Crippen LogP contribution in [-0.2, 0) is 9.59 Å². The normalized spacial score (nSPS) is 11.7. The fourth-order valence-electron chi connectivity index (χ4n) is 1.21. The zero-order valence-electron chi connectivity index (χ0n) is 10.1. The van der Waals surface area contributed by atoms with Crippen LogP contribution in [0.2, 0.25) is 0 Å². The van der Waals surface area contributed by atoms with Crippen molar-refractivity contribution in [1.82, 2.24) is 0 Å². The average molecular weight is 236 g/mol. The minimum atomic E-state index is -1.13. The Morgan fingerprint density at radius 1 is 1.24 bits per heavy atom. The summed E-state index contributed by atoms with van der Waals surface area (Å²) in [6.45, 7) is 1.35. The van der Waals surface area contributed by atoms with E-state index in [1.165, 1.54) is 6.92 Å². The van der Waals surface area contributed by atoms with E-state index in [2.05, 4.69) is 5.32 Å². The summed E-state index contributed by atoms with van der Waals surface area (Å²) < 4.78 is 0. The van der Waals surface area contributed by atoms with E-state index in [0.29, 0.717) is 5.69 Å². The van der Waals surface area contributed by atoms with Crippen LogP contribution in [0.3, 0.4) is 0 Å². The number of anilines is 2. The van der Waals surface area contributed by atoms with Gasteiger partial charge in [0.05, 0.1) is 0 Å². The maximum atomic E-state index is 11.5. The Hall–Kier alpha value is -2.04. The second-order valence-electron chi connectivity index (χ2n) is 3.99. The molecular formula is C12H16N2O3. The maximum Gasteiger partial charge on any atom is 0.315 e. The third-order valence-electron chi connectivity index (χ3n) is 2.41. The highest BCUT2D eigenvalue weighted by Gasteiger charge is 2.20. The molecule has 0 bridgehead atoms. The van der Waals surface area contributed by atoms with E-state index < -0.39 is 17.8 Å². The Kier molecular flexibility index (Phi) is 4.09. The second-order valence-corrected chi connectivity index (χ2v) is 3.99. The molecule has 0 fully saturated rings. The first kappa shape index (κ1) is 13.0. The molecule has 0 saturated heterocycles. The van der Waals surface area contributed by atoms with Gasteiger partial charge < -0.3 is 15.3 Å². The molecule has 5 nitrogen and oxygen atoms in total. The molecule has 1 aromatic rings. The third-order valence-corrected chi connectivity index (χ3v) is 2.41. The molecule has 0 saturated carbocycles. The number of benzene rings is 1. The summed E-state index contributed by atoms with van der Waals surface area (Å²) in [6.07, 6.45) is 0. The van der Waals surface area contributed by atoms with Crippen LogP contribution in [0.15, 0.2) is 24.3 Å². The van der Waals surface area contributed by atoms with Crippen LogP contribution in [-0.4, -0.2) is 31.1 Å². The van der Waals surface area contributed by atoms with Gasteiger partial charge in [-0.1, -0.05) is 0 Å². The van der Waals surface area contributed by atoms with E-state index in [4.69, 9.17) is 5.11 Å². The van der Waals surface area contributed by atoms with E-state index >= 15 is 0 Å². The molecular weight excluding hydrogens is 220 g/mol. The van der Waals surface area contributed by atoms with E-state index in [9.17, 15) is 9.59 Å². The molecule has 0 radical (unpaired) electrons. The molecule has 5 heteroatoms. The van der Waals surface area contributed by atoms with Gasteiger partial charge in [-0.25, -0.2) is 0 Å². The lowest BCUT2D eigenvalue weighted by molar-refractivity contribution is -0.144. The molecule has 0 heterocycles. The van der Waals surface area contributed by atoms with Crippen molar-refractivity contribution in [1.29, 1.82) is 0 Å². The highest BCUT2D eigenvalue weighted by molar-refractivity contribution is 6.03. The van der Waals surface area contributed by atoms with Crippen molar-refractivity contribution in [3.05, 3.63) is 24.3 Å². The molecule has 1 unspecified atom stereocenters. The molecule has 0 aliphatic rings. The van der Waals surface area contributed by atoms with Crippen molar-refractivity contribution in [3.63, 3.8) is 0 Å². The molecule has 1 amide bonds. The quantitative estimate of drug-likeness (QED) is 0.775. The molecule has 0 aliphatic carbocycles. The first-order chi connectivity index (χ1) is 7.91. The number of aliphatic carboxylic acids is 1. The largest absolute Gasteiger partial charge is 0.481 e. The summed E-state index contributed by atoms with van der Waals surface area (Å²) in [6, 6.07) is 7.17. The van der Waals surface area contributed by atoms with Crippen LogP contribution >= 0.6 is 0 Å². The SMILES string of the molecule is CC(C(=O)O)C(=O)Nc1ccc(N(C)C)cc1. The highest BCUT2D eigenvalue weighted by Crippen LogP contribution is 2.16. The van der Waals surface area contributed by atoms with Gasteiger partial charge in [0.2, 0.25) is 5.91 Å². The van der Waals surface area contributed by atoms with Gasteiger partial charge in [-0.15, -0.1) is 0 Å². The number of rotatable bonds is 4. The van der Waals surface area contributed by atoms with Crippen molar-refractivity contribution < 1.29 is 14.7 Å². The monoisotopic (exact) mass is 236 g/mol. The van der Waals surface area contributed by atoms with Gasteiger partial charge in [-0.2, -0.15) is 0 Å². The number of carboxylic acid groups (broad SMARTS) is 1. The standard InChI is InChI=1S/C12H16N2O3/c1-8(12(16)17)11(15)13-9-4-6-10(7-5-9)14(2)3/h4-8H,1-3H3,(H,13,15)(H,16,17). The molecule has 2 N–H and O–H groups in total. The van der Waals surface area contributed by atoms with Gasteiger partial charge in [0.15, 0.2) is 0 Å². The third kappa shape index (κ3) is 3.48. The van der Waals surface area contributed by atoms with E-state index in [1.807, 2.05) is 31.1 Å². The zero-order chi connectivity index (χ0) is 13.0. The average Bonchev–Trinajstić information content (AvgIpc) is 2.28. The number of nitrogens with zero attached hydrogens (tertiary/aromatic N) is 1. The van der Waals surface area contributed by atoms with Gasteiger partial charge in [-0.05, 0) is 31.2 Å². The van der Waals surface area contributed by atoms with E-state index in [-0.39, 0.29) is 0 Å². The molecule has 92 valence electrons. The predicted octanol–water partition coefficient (Wildman–Crippen LogP) is 1.41. The van der Waals surface area contributed by atoms with Crippen LogP contribution in [0.4, 0.5) is 11.4 Å². The smallest absolute Gasteiger partial charge is 0.315 e. The lowest BCUT2D eigenvalue weighted by atomic mass is 10.1. The fourth-order valence-corrected chi connectivity index (χ4v) is 1.21. The van der Waals surface area contributed by atoms with Gasteiger partial charge in [0.25, 0.3) is 0 Å². The second kappa shape index (κ2) is 5.34. The molecule has 1 aromatic carbocycles. The van der Waals surface area contributed by atoms with Gasteiger partial charge in [0, 0.05) is 25.5 Å². The first-order valence-corrected chi connectivity index (χ1v) is 5.23. The highest BCUT2D eigenvalue weighted by atomic mass is 16.4. The van der Waals surface area contributed by atoms with Crippen LogP contribution < -0.4 is 10.2 Å². The van der Waals surface area contributed by atoms with Gasteiger partial charge in [-0.3, -0.25) is 9.59 Å². The summed E-state index contributed by atoms with van der Waals surface area (Å²) in [4.78, 5) is 24.0. The number of carbonyl (C=O) groups is 2. The summed E-state index contributed by atoms with van der Waals surface area (Å²) in [5, 5.41) is 11.2. The predicted molar refractivity (Wildman–Crippen MR) is 66.2 cm³/mol. The summed E-state index contributed by atoms with van der Waals surface area (Å²) in [5.41, 5.74) is 1.60. The van der Waals surface area contributed by atoms with E-state index in [0.717, 1.165) is 5.69 Å². The number of hydrogen-bond acceptors (Lipinski definition) is 3. The summed E-state index contributed by atoms with van der Waals surface area (Å²) >= 11 is 0. The number of hydrogen-bond donors (Lipinski definition) is 2. The van der Waals surface area contributed by atoms with Crippen molar-refractivity contribution in [2.45, 2.75) is 6.92 Å². The Bertz CT molecular complexity index is 412. The van der Waals surface area contributed by atoms with Crippen LogP contribution in [0, 0.1) is 5.92 Å². The Morgan fingerprint density at radius 2 is 1.76 bits per heavy atom. The van der Waals surface area contributed by atoms with Crippen molar-refractivity contribution in [2.24, 2.45) is 5.92 Å². The minimum Gasteiger partial charge on any atom is -0.481 e. The lowest BCUT2D eigenvalue weighted by Crippen LogP contribution is -2.26. The van der Waals surface area contributed by atoms with Crippen LogP contribution in [0.1, 0.15) is 6.92 Å².